The number of benzene rings is 1. The molecule has 3 heterocycles. The fraction of sp³-hybridized carbons (Fsp3) is 0.190. The summed E-state index contributed by atoms with van der Waals surface area (Å²) in [5.74, 6) is 1.75. The number of hydrogen-bond donors (Lipinski definition) is 3. The first-order chi connectivity index (χ1) is 14.5. The van der Waals surface area contributed by atoms with Crippen molar-refractivity contribution in [3.05, 3.63) is 84.0 Å². The van der Waals surface area contributed by atoms with Gasteiger partial charge in [0.25, 0.3) is 0 Å². The molecule has 8 nitrogen and oxygen atoms in total. The van der Waals surface area contributed by atoms with Crippen LogP contribution in [0.15, 0.2) is 61.1 Å². The van der Waals surface area contributed by atoms with Gasteiger partial charge in [0.15, 0.2) is 23.3 Å². The molecule has 1 atom stereocenters. The molecule has 3 N–H and O–H groups in total. The van der Waals surface area contributed by atoms with Crippen LogP contribution in [-0.2, 0) is 4.74 Å². The summed E-state index contributed by atoms with van der Waals surface area (Å²) in [6.07, 6.45) is 1.83. The maximum atomic E-state index is 13.5. The third-order valence-electron chi connectivity index (χ3n) is 4.45. The maximum Gasteiger partial charge on any atom is 0.179 e. The number of rotatable bonds is 8. The quantitative estimate of drug-likeness (QED) is 0.385. The van der Waals surface area contributed by atoms with E-state index >= 15 is 0 Å². The lowest BCUT2D eigenvalue weighted by molar-refractivity contribution is 0.201. The van der Waals surface area contributed by atoms with Crippen molar-refractivity contribution in [2.45, 2.75) is 19.9 Å². The third-order valence-corrected chi connectivity index (χ3v) is 4.45. The van der Waals surface area contributed by atoms with Crippen molar-refractivity contribution >= 4 is 17.2 Å². The molecule has 1 unspecified atom stereocenters. The van der Waals surface area contributed by atoms with Crippen LogP contribution < -0.4 is 10.6 Å². The standard InChI is InChI=1S/C21H22FN7O/c1-4-30-14(3)23-19(15-7-9-16(22)10-8-15)21-25-20(17-6-5-11-29(17)28-21)24-18-12-13(2)26-27-18/h5-12,19,23H,3-4H2,1-2H3,(H2,24,25,26,27,28). The van der Waals surface area contributed by atoms with Crippen LogP contribution in [0.5, 0.6) is 0 Å². The molecule has 0 saturated carbocycles. The molecule has 4 aromatic rings. The summed E-state index contributed by atoms with van der Waals surface area (Å²) in [6, 6.07) is 11.3. The number of aryl methyl sites for hydroxylation is 1. The highest BCUT2D eigenvalue weighted by atomic mass is 19.1. The highest BCUT2D eigenvalue weighted by molar-refractivity contribution is 5.72. The molecule has 0 bridgehead atoms. The van der Waals surface area contributed by atoms with Gasteiger partial charge in [-0.15, -0.1) is 5.10 Å². The Kier molecular flexibility index (Phi) is 5.34. The first kappa shape index (κ1) is 19.4. The van der Waals surface area contributed by atoms with E-state index in [1.807, 2.05) is 38.2 Å². The van der Waals surface area contributed by atoms with Crippen LogP contribution in [0.1, 0.15) is 30.0 Å². The summed E-state index contributed by atoms with van der Waals surface area (Å²) >= 11 is 0. The number of nitrogens with zero attached hydrogens (tertiary/aromatic N) is 4. The van der Waals surface area contributed by atoms with Gasteiger partial charge in [0, 0.05) is 18.0 Å². The van der Waals surface area contributed by atoms with Crippen LogP contribution in [0.3, 0.4) is 0 Å². The zero-order valence-corrected chi connectivity index (χ0v) is 16.7. The number of hydrogen-bond acceptors (Lipinski definition) is 6. The third kappa shape index (κ3) is 4.09. The Morgan fingerprint density at radius 1 is 1.30 bits per heavy atom. The van der Waals surface area contributed by atoms with Crippen molar-refractivity contribution in [1.29, 1.82) is 0 Å². The average molecular weight is 407 g/mol. The molecule has 0 aliphatic carbocycles. The van der Waals surface area contributed by atoms with E-state index in [2.05, 4.69) is 32.5 Å². The molecule has 0 fully saturated rings. The van der Waals surface area contributed by atoms with Crippen molar-refractivity contribution in [3.63, 3.8) is 0 Å². The second-order valence-corrected chi connectivity index (χ2v) is 6.70. The molecule has 0 radical (unpaired) electrons. The average Bonchev–Trinajstić information content (AvgIpc) is 3.36. The summed E-state index contributed by atoms with van der Waals surface area (Å²) < 4.78 is 20.7. The predicted octanol–water partition coefficient (Wildman–Crippen LogP) is 3.83. The Bertz CT molecular complexity index is 1170. The van der Waals surface area contributed by atoms with Crippen molar-refractivity contribution in [2.24, 2.45) is 0 Å². The minimum atomic E-state index is -0.502. The lowest BCUT2D eigenvalue weighted by Crippen LogP contribution is -2.26. The van der Waals surface area contributed by atoms with E-state index in [1.165, 1.54) is 12.1 Å². The molecule has 30 heavy (non-hydrogen) atoms. The van der Waals surface area contributed by atoms with Crippen LogP contribution in [0.2, 0.25) is 0 Å². The van der Waals surface area contributed by atoms with E-state index in [4.69, 9.17) is 9.72 Å². The number of aromatic nitrogens is 5. The second-order valence-electron chi connectivity index (χ2n) is 6.70. The van der Waals surface area contributed by atoms with Gasteiger partial charge in [-0.3, -0.25) is 5.10 Å². The number of fused-ring (bicyclic) bond motifs is 1. The molecule has 0 aliphatic heterocycles. The number of aromatic amines is 1. The Morgan fingerprint density at radius 3 is 2.80 bits per heavy atom. The SMILES string of the molecule is C=C(NC(c1ccc(F)cc1)c1nc(Nc2cc(C)[nH]n2)c2cccn2n1)OCC. The van der Waals surface area contributed by atoms with Gasteiger partial charge in [-0.1, -0.05) is 12.1 Å². The van der Waals surface area contributed by atoms with Gasteiger partial charge in [0.1, 0.15) is 17.4 Å². The van der Waals surface area contributed by atoms with Gasteiger partial charge < -0.3 is 15.4 Å². The number of halogens is 1. The van der Waals surface area contributed by atoms with Gasteiger partial charge in [0.2, 0.25) is 0 Å². The normalized spacial score (nSPS) is 12.0. The second kappa shape index (κ2) is 8.24. The summed E-state index contributed by atoms with van der Waals surface area (Å²) in [4.78, 5) is 4.74. The summed E-state index contributed by atoms with van der Waals surface area (Å²) in [7, 11) is 0. The lowest BCUT2D eigenvalue weighted by atomic mass is 10.1. The van der Waals surface area contributed by atoms with Gasteiger partial charge in [-0.2, -0.15) is 5.10 Å². The minimum Gasteiger partial charge on any atom is -0.480 e. The molecule has 0 amide bonds. The van der Waals surface area contributed by atoms with E-state index in [0.29, 0.717) is 30.0 Å². The van der Waals surface area contributed by atoms with Gasteiger partial charge in [-0.05, 0) is 50.3 Å². The van der Waals surface area contributed by atoms with Gasteiger partial charge in [0.05, 0.1) is 6.61 Å². The van der Waals surface area contributed by atoms with Crippen molar-refractivity contribution in [2.75, 3.05) is 11.9 Å². The van der Waals surface area contributed by atoms with E-state index < -0.39 is 6.04 Å². The summed E-state index contributed by atoms with van der Waals surface area (Å²) in [5, 5.41) is 18.2. The topological polar surface area (TPSA) is 92.2 Å². The molecule has 154 valence electrons. The van der Waals surface area contributed by atoms with Crippen LogP contribution >= 0.6 is 0 Å². The molecular weight excluding hydrogens is 385 g/mol. The van der Waals surface area contributed by atoms with Gasteiger partial charge in [-0.25, -0.2) is 13.9 Å². The summed E-state index contributed by atoms with van der Waals surface area (Å²) in [5.41, 5.74) is 2.49. The molecule has 0 aliphatic rings. The Hall–Kier alpha value is -3.88. The van der Waals surface area contributed by atoms with Crippen LogP contribution in [0.4, 0.5) is 16.0 Å². The minimum absolute atomic E-state index is 0.320. The summed E-state index contributed by atoms with van der Waals surface area (Å²) in [6.45, 7) is 8.15. The number of nitrogens with one attached hydrogen (secondary N) is 3. The predicted molar refractivity (Wildman–Crippen MR) is 112 cm³/mol. The number of anilines is 2. The Balaban J connectivity index is 1.78. The molecule has 0 spiro atoms. The monoisotopic (exact) mass is 407 g/mol. The number of H-pyrrole nitrogens is 1. The van der Waals surface area contributed by atoms with Crippen LogP contribution in [0.25, 0.3) is 5.52 Å². The zero-order chi connectivity index (χ0) is 21.1. The Labute approximate surface area is 172 Å². The molecule has 3 aromatic heterocycles. The highest BCUT2D eigenvalue weighted by Crippen LogP contribution is 2.25. The van der Waals surface area contributed by atoms with E-state index in [-0.39, 0.29) is 5.82 Å². The van der Waals surface area contributed by atoms with E-state index in [1.54, 1.807) is 16.6 Å². The molecular formula is C21H22FN7O. The fourth-order valence-corrected chi connectivity index (χ4v) is 3.10. The first-order valence-electron chi connectivity index (χ1n) is 9.51. The first-order valence-corrected chi connectivity index (χ1v) is 9.51. The largest absolute Gasteiger partial charge is 0.480 e. The van der Waals surface area contributed by atoms with Crippen molar-refractivity contribution in [3.8, 4) is 0 Å². The van der Waals surface area contributed by atoms with E-state index in [9.17, 15) is 4.39 Å². The fourth-order valence-electron chi connectivity index (χ4n) is 3.10. The van der Waals surface area contributed by atoms with E-state index in [0.717, 1.165) is 16.8 Å². The van der Waals surface area contributed by atoms with Crippen LogP contribution in [0, 0.1) is 12.7 Å². The Morgan fingerprint density at radius 2 is 2.10 bits per heavy atom. The zero-order valence-electron chi connectivity index (χ0n) is 16.7. The molecule has 4 rings (SSSR count). The van der Waals surface area contributed by atoms with Crippen LogP contribution in [-0.4, -0.2) is 31.4 Å². The van der Waals surface area contributed by atoms with Gasteiger partial charge >= 0.3 is 0 Å². The van der Waals surface area contributed by atoms with Crippen molar-refractivity contribution < 1.29 is 9.13 Å². The highest BCUT2D eigenvalue weighted by Gasteiger charge is 2.21. The molecule has 1 aromatic carbocycles. The lowest BCUT2D eigenvalue weighted by Gasteiger charge is -2.21. The molecule has 9 heteroatoms. The number of ether oxygens (including phenoxy) is 1. The smallest absolute Gasteiger partial charge is 0.179 e. The van der Waals surface area contributed by atoms with Crippen molar-refractivity contribution in [1.82, 2.24) is 30.1 Å². The molecule has 0 saturated heterocycles. The maximum absolute atomic E-state index is 13.5.